The van der Waals surface area contributed by atoms with Crippen molar-refractivity contribution in [2.45, 2.75) is 44.6 Å². The fourth-order valence-corrected chi connectivity index (χ4v) is 1.97. The van der Waals surface area contributed by atoms with E-state index in [1.165, 1.54) is 6.42 Å². The molecule has 1 saturated carbocycles. The Hall–Kier alpha value is -0.810. The topological polar surface area (TPSA) is 26.3 Å². The number of carbonyl (C=O) groups is 1. The first-order chi connectivity index (χ1) is 6.25. The van der Waals surface area contributed by atoms with Crippen LogP contribution in [0, 0.1) is 12.3 Å². The van der Waals surface area contributed by atoms with Crippen molar-refractivity contribution in [2.75, 3.05) is 6.61 Å². The maximum atomic E-state index is 11.5. The maximum Gasteiger partial charge on any atom is 0.236 e. The van der Waals surface area contributed by atoms with Gasteiger partial charge < -0.3 is 4.74 Å². The van der Waals surface area contributed by atoms with Gasteiger partial charge in [0, 0.05) is 6.61 Å². The lowest BCUT2D eigenvalue weighted by Gasteiger charge is -2.33. The van der Waals surface area contributed by atoms with Crippen molar-refractivity contribution in [1.29, 1.82) is 0 Å². The number of rotatable bonds is 3. The van der Waals surface area contributed by atoms with Crippen LogP contribution in [0.5, 0.6) is 0 Å². The highest BCUT2D eigenvalue weighted by molar-refractivity contribution is 6.01. The van der Waals surface area contributed by atoms with E-state index in [1.807, 2.05) is 6.92 Å². The third kappa shape index (κ3) is 2.10. The Labute approximate surface area is 79.7 Å². The molecule has 0 unspecified atom stereocenters. The van der Waals surface area contributed by atoms with E-state index in [-0.39, 0.29) is 5.78 Å². The smallest absolute Gasteiger partial charge is 0.236 e. The normalized spacial score (nSPS) is 20.6. The number of ketones is 1. The molecule has 0 bridgehead atoms. The minimum absolute atomic E-state index is 0.172. The average molecular weight is 180 g/mol. The van der Waals surface area contributed by atoms with Gasteiger partial charge in [-0.1, -0.05) is 19.3 Å². The lowest BCUT2D eigenvalue weighted by Crippen LogP contribution is -2.42. The molecular formula is C11H16O2. The number of terminal acetylenes is 1. The fourth-order valence-electron chi connectivity index (χ4n) is 1.97. The van der Waals surface area contributed by atoms with Crippen molar-refractivity contribution >= 4 is 5.78 Å². The van der Waals surface area contributed by atoms with E-state index < -0.39 is 5.60 Å². The Kier molecular flexibility index (Phi) is 3.50. The minimum Gasteiger partial charge on any atom is -0.366 e. The van der Waals surface area contributed by atoms with E-state index in [2.05, 4.69) is 5.92 Å². The minimum atomic E-state index is -0.637. The first-order valence-corrected chi connectivity index (χ1v) is 4.90. The first kappa shape index (κ1) is 10.3. The predicted molar refractivity (Wildman–Crippen MR) is 51.3 cm³/mol. The Morgan fingerprint density at radius 1 is 1.46 bits per heavy atom. The van der Waals surface area contributed by atoms with Crippen molar-refractivity contribution in [3.8, 4) is 12.3 Å². The van der Waals surface area contributed by atoms with Crippen LogP contribution in [0.2, 0.25) is 0 Å². The second-order valence-corrected chi connectivity index (χ2v) is 3.46. The summed E-state index contributed by atoms with van der Waals surface area (Å²) in [5, 5.41) is 0. The third-order valence-electron chi connectivity index (χ3n) is 2.63. The van der Waals surface area contributed by atoms with Gasteiger partial charge in [-0.3, -0.25) is 4.79 Å². The summed E-state index contributed by atoms with van der Waals surface area (Å²) in [5.74, 6) is 2.02. The van der Waals surface area contributed by atoms with Crippen LogP contribution in [-0.2, 0) is 9.53 Å². The summed E-state index contributed by atoms with van der Waals surface area (Å²) >= 11 is 0. The maximum absolute atomic E-state index is 11.5. The first-order valence-electron chi connectivity index (χ1n) is 4.90. The molecular weight excluding hydrogens is 164 g/mol. The molecule has 0 aromatic carbocycles. The molecule has 0 aromatic heterocycles. The van der Waals surface area contributed by atoms with Gasteiger partial charge >= 0.3 is 0 Å². The zero-order chi connectivity index (χ0) is 9.73. The highest BCUT2D eigenvalue weighted by Crippen LogP contribution is 2.32. The zero-order valence-electron chi connectivity index (χ0n) is 8.14. The van der Waals surface area contributed by atoms with Gasteiger partial charge in [0.15, 0.2) is 0 Å². The van der Waals surface area contributed by atoms with Gasteiger partial charge in [-0.15, -0.1) is 6.42 Å². The van der Waals surface area contributed by atoms with Gasteiger partial charge in [0.25, 0.3) is 0 Å². The van der Waals surface area contributed by atoms with Gasteiger partial charge in [0.05, 0.1) is 0 Å². The second kappa shape index (κ2) is 4.43. The molecule has 0 heterocycles. The van der Waals surface area contributed by atoms with Crippen LogP contribution >= 0.6 is 0 Å². The van der Waals surface area contributed by atoms with Crippen LogP contribution < -0.4 is 0 Å². The summed E-state index contributed by atoms with van der Waals surface area (Å²) in [7, 11) is 0. The molecule has 0 saturated heterocycles. The van der Waals surface area contributed by atoms with E-state index in [1.54, 1.807) is 0 Å². The SMILES string of the molecule is C#CC(=O)C1(OCC)CCCCC1. The van der Waals surface area contributed by atoms with Gasteiger partial charge in [0.2, 0.25) is 5.78 Å². The highest BCUT2D eigenvalue weighted by atomic mass is 16.5. The fraction of sp³-hybridized carbons (Fsp3) is 0.727. The molecule has 13 heavy (non-hydrogen) atoms. The van der Waals surface area contributed by atoms with Gasteiger partial charge in [-0.25, -0.2) is 0 Å². The van der Waals surface area contributed by atoms with Crippen LogP contribution in [-0.4, -0.2) is 18.0 Å². The van der Waals surface area contributed by atoms with E-state index in [9.17, 15) is 4.79 Å². The van der Waals surface area contributed by atoms with Crippen LogP contribution in [0.25, 0.3) is 0 Å². The molecule has 2 heteroatoms. The standard InChI is InChI=1S/C11H16O2/c1-3-10(12)11(13-4-2)8-6-5-7-9-11/h1H,4-9H2,2H3. The molecule has 0 amide bonds. The molecule has 1 rings (SSSR count). The van der Waals surface area contributed by atoms with Crippen molar-refractivity contribution in [2.24, 2.45) is 0 Å². The number of hydrogen-bond donors (Lipinski definition) is 0. The highest BCUT2D eigenvalue weighted by Gasteiger charge is 2.38. The van der Waals surface area contributed by atoms with Crippen LogP contribution in [0.15, 0.2) is 0 Å². The zero-order valence-corrected chi connectivity index (χ0v) is 8.14. The molecule has 2 nitrogen and oxygen atoms in total. The predicted octanol–water partition coefficient (Wildman–Crippen LogP) is 1.93. The summed E-state index contributed by atoms with van der Waals surface area (Å²) < 4.78 is 5.53. The largest absolute Gasteiger partial charge is 0.366 e. The summed E-state index contributed by atoms with van der Waals surface area (Å²) in [6.45, 7) is 2.47. The van der Waals surface area contributed by atoms with E-state index in [0.29, 0.717) is 6.61 Å². The molecule has 72 valence electrons. The number of ether oxygens (including phenoxy) is 1. The van der Waals surface area contributed by atoms with Crippen LogP contribution in [0.1, 0.15) is 39.0 Å². The second-order valence-electron chi connectivity index (χ2n) is 3.46. The number of carbonyl (C=O) groups excluding carboxylic acids is 1. The van der Waals surface area contributed by atoms with Crippen molar-refractivity contribution in [3.63, 3.8) is 0 Å². The van der Waals surface area contributed by atoms with Gasteiger partial charge in [0.1, 0.15) is 5.60 Å². The summed E-state index contributed by atoms with van der Waals surface area (Å²) in [5.41, 5.74) is -0.637. The molecule has 1 fully saturated rings. The lowest BCUT2D eigenvalue weighted by molar-refractivity contribution is -0.142. The Bertz CT molecular complexity index is 213. The third-order valence-corrected chi connectivity index (χ3v) is 2.63. The molecule has 0 aromatic rings. The summed E-state index contributed by atoms with van der Waals surface area (Å²) in [6, 6.07) is 0. The molecule has 0 radical (unpaired) electrons. The molecule has 0 spiro atoms. The number of hydrogen-bond acceptors (Lipinski definition) is 2. The van der Waals surface area contributed by atoms with Gasteiger partial charge in [-0.05, 0) is 25.7 Å². The molecule has 0 N–H and O–H groups in total. The van der Waals surface area contributed by atoms with Crippen molar-refractivity contribution < 1.29 is 9.53 Å². The average Bonchev–Trinajstić information content (AvgIpc) is 2.18. The van der Waals surface area contributed by atoms with Crippen LogP contribution in [0.3, 0.4) is 0 Å². The monoisotopic (exact) mass is 180 g/mol. The van der Waals surface area contributed by atoms with E-state index in [0.717, 1.165) is 25.7 Å². The summed E-state index contributed by atoms with van der Waals surface area (Å²) in [6.07, 6.45) is 10.0. The Balaban J connectivity index is 2.73. The molecule has 1 aliphatic rings. The summed E-state index contributed by atoms with van der Waals surface area (Å²) in [4.78, 5) is 11.5. The van der Waals surface area contributed by atoms with Crippen LogP contribution in [0.4, 0.5) is 0 Å². The lowest BCUT2D eigenvalue weighted by atomic mass is 9.81. The molecule has 0 aliphatic heterocycles. The van der Waals surface area contributed by atoms with Gasteiger partial charge in [-0.2, -0.15) is 0 Å². The van der Waals surface area contributed by atoms with Crippen molar-refractivity contribution in [3.05, 3.63) is 0 Å². The number of Topliss-reactive ketones (excluding diaryl/α,β-unsaturated/α-hetero) is 1. The van der Waals surface area contributed by atoms with Crippen molar-refractivity contribution in [1.82, 2.24) is 0 Å². The Morgan fingerprint density at radius 2 is 2.08 bits per heavy atom. The molecule has 0 atom stereocenters. The van der Waals surface area contributed by atoms with E-state index >= 15 is 0 Å². The Morgan fingerprint density at radius 3 is 2.54 bits per heavy atom. The quantitative estimate of drug-likeness (QED) is 0.490. The molecule has 1 aliphatic carbocycles. The van der Waals surface area contributed by atoms with E-state index in [4.69, 9.17) is 11.2 Å².